The number of halogens is 1. The molecule has 12 heavy (non-hydrogen) atoms. The second kappa shape index (κ2) is 7.32. The Hall–Kier alpha value is -0.340. The summed E-state index contributed by atoms with van der Waals surface area (Å²) in [5.41, 5.74) is 1.31. The number of hydrogen-bond donors (Lipinski definition) is 1. The lowest BCUT2D eigenvalue weighted by Gasteiger charge is -1.97. The Morgan fingerprint density at radius 3 is 2.08 bits per heavy atom. The van der Waals surface area contributed by atoms with Crippen LogP contribution in [0.3, 0.4) is 0 Å². The fraction of sp³-hybridized carbons (Fsp3) is 0.400. The smallest absolute Gasteiger partial charge is 0.0202 e. The summed E-state index contributed by atoms with van der Waals surface area (Å²) in [4.78, 5) is 0. The van der Waals surface area contributed by atoms with E-state index in [4.69, 9.17) is 0 Å². The SMILES string of the molecule is CC.CNCc1ccc(Br)cc1. The molecule has 0 aliphatic rings. The average Bonchev–Trinajstić information content (AvgIpc) is 2.13. The van der Waals surface area contributed by atoms with Gasteiger partial charge in [0, 0.05) is 11.0 Å². The Labute approximate surface area is 83.3 Å². The van der Waals surface area contributed by atoms with Gasteiger partial charge in [-0.15, -0.1) is 0 Å². The molecule has 0 unspecified atom stereocenters. The third-order valence-electron chi connectivity index (χ3n) is 1.29. The monoisotopic (exact) mass is 229 g/mol. The zero-order valence-electron chi connectivity index (χ0n) is 7.89. The summed E-state index contributed by atoms with van der Waals surface area (Å²) in [5.74, 6) is 0. The summed E-state index contributed by atoms with van der Waals surface area (Å²) in [6.07, 6.45) is 0. The van der Waals surface area contributed by atoms with E-state index in [1.54, 1.807) is 0 Å². The Bertz CT molecular complexity index is 193. The first-order valence-corrected chi connectivity index (χ1v) is 5.01. The topological polar surface area (TPSA) is 12.0 Å². The van der Waals surface area contributed by atoms with Gasteiger partial charge >= 0.3 is 0 Å². The molecule has 0 amide bonds. The van der Waals surface area contributed by atoms with Gasteiger partial charge in [0.25, 0.3) is 0 Å². The molecule has 0 spiro atoms. The van der Waals surface area contributed by atoms with Crippen molar-refractivity contribution < 1.29 is 0 Å². The van der Waals surface area contributed by atoms with Gasteiger partial charge in [0.15, 0.2) is 0 Å². The fourth-order valence-electron chi connectivity index (χ4n) is 0.806. The summed E-state index contributed by atoms with van der Waals surface area (Å²) in [6, 6.07) is 8.29. The van der Waals surface area contributed by atoms with Crippen molar-refractivity contribution in [1.29, 1.82) is 0 Å². The third-order valence-corrected chi connectivity index (χ3v) is 1.82. The molecule has 1 aromatic carbocycles. The molecule has 0 heterocycles. The van der Waals surface area contributed by atoms with E-state index in [2.05, 4.69) is 33.4 Å². The Kier molecular flexibility index (Phi) is 7.11. The number of hydrogen-bond acceptors (Lipinski definition) is 1. The second-order valence-corrected chi connectivity index (χ2v) is 3.07. The predicted molar refractivity (Wildman–Crippen MR) is 58.3 cm³/mol. The quantitative estimate of drug-likeness (QED) is 0.822. The number of rotatable bonds is 2. The standard InChI is InChI=1S/C8H10BrN.C2H6/c1-10-6-7-2-4-8(9)5-3-7;1-2/h2-5,10H,6H2,1H3;1-2H3. The molecule has 2 heteroatoms. The van der Waals surface area contributed by atoms with Crippen molar-refractivity contribution in [1.82, 2.24) is 5.32 Å². The second-order valence-electron chi connectivity index (χ2n) is 2.16. The molecule has 0 aliphatic heterocycles. The molecule has 0 bridgehead atoms. The van der Waals surface area contributed by atoms with Crippen LogP contribution in [0.4, 0.5) is 0 Å². The maximum absolute atomic E-state index is 3.38. The molecule has 0 radical (unpaired) electrons. The maximum atomic E-state index is 3.38. The largest absolute Gasteiger partial charge is 0.316 e. The first-order chi connectivity index (χ1) is 5.83. The molecular weight excluding hydrogens is 214 g/mol. The van der Waals surface area contributed by atoms with E-state index in [9.17, 15) is 0 Å². The molecule has 1 aromatic rings. The van der Waals surface area contributed by atoms with Gasteiger partial charge in [0.1, 0.15) is 0 Å². The lowest BCUT2D eigenvalue weighted by Crippen LogP contribution is -2.04. The highest BCUT2D eigenvalue weighted by atomic mass is 79.9. The van der Waals surface area contributed by atoms with Crippen molar-refractivity contribution in [3.63, 3.8) is 0 Å². The summed E-state index contributed by atoms with van der Waals surface area (Å²) in [7, 11) is 1.95. The van der Waals surface area contributed by atoms with Crippen molar-refractivity contribution in [2.24, 2.45) is 0 Å². The summed E-state index contributed by atoms with van der Waals surface area (Å²) >= 11 is 3.38. The molecule has 0 aliphatic carbocycles. The zero-order chi connectivity index (χ0) is 9.40. The van der Waals surface area contributed by atoms with Crippen molar-refractivity contribution in [2.75, 3.05) is 7.05 Å². The average molecular weight is 230 g/mol. The van der Waals surface area contributed by atoms with Crippen LogP contribution >= 0.6 is 15.9 Å². The summed E-state index contributed by atoms with van der Waals surface area (Å²) in [5, 5.41) is 3.09. The minimum absolute atomic E-state index is 0.938. The van der Waals surface area contributed by atoms with Crippen molar-refractivity contribution >= 4 is 15.9 Å². The molecule has 0 aromatic heterocycles. The van der Waals surface area contributed by atoms with E-state index >= 15 is 0 Å². The predicted octanol–water partition coefficient (Wildman–Crippen LogP) is 3.19. The van der Waals surface area contributed by atoms with E-state index in [-0.39, 0.29) is 0 Å². The Morgan fingerprint density at radius 2 is 1.67 bits per heavy atom. The first-order valence-electron chi connectivity index (χ1n) is 4.22. The van der Waals surface area contributed by atoms with E-state index in [1.165, 1.54) is 5.56 Å². The van der Waals surface area contributed by atoms with Gasteiger partial charge in [0.2, 0.25) is 0 Å². The molecule has 1 nitrogen and oxygen atoms in total. The van der Waals surface area contributed by atoms with Gasteiger partial charge < -0.3 is 5.32 Å². The first kappa shape index (κ1) is 11.7. The normalized spacial score (nSPS) is 8.67. The van der Waals surface area contributed by atoms with Gasteiger partial charge in [-0.25, -0.2) is 0 Å². The van der Waals surface area contributed by atoms with Gasteiger partial charge in [-0.05, 0) is 24.7 Å². The van der Waals surface area contributed by atoms with Crippen molar-refractivity contribution in [3.05, 3.63) is 34.3 Å². The van der Waals surface area contributed by atoms with E-state index in [0.717, 1.165) is 11.0 Å². The maximum Gasteiger partial charge on any atom is 0.0202 e. The molecule has 1 rings (SSSR count). The van der Waals surface area contributed by atoms with Crippen LogP contribution in [0.2, 0.25) is 0 Å². The fourth-order valence-corrected chi connectivity index (χ4v) is 1.07. The molecule has 1 N–H and O–H groups in total. The Balaban J connectivity index is 0.000000561. The van der Waals surface area contributed by atoms with Crippen LogP contribution in [-0.4, -0.2) is 7.05 Å². The minimum atomic E-state index is 0.938. The van der Waals surface area contributed by atoms with Gasteiger partial charge in [-0.1, -0.05) is 41.9 Å². The van der Waals surface area contributed by atoms with E-state index < -0.39 is 0 Å². The zero-order valence-corrected chi connectivity index (χ0v) is 9.48. The molecule has 0 saturated carbocycles. The van der Waals surface area contributed by atoms with Gasteiger partial charge in [-0.2, -0.15) is 0 Å². The van der Waals surface area contributed by atoms with Gasteiger partial charge in [-0.3, -0.25) is 0 Å². The third kappa shape index (κ3) is 4.52. The van der Waals surface area contributed by atoms with Crippen LogP contribution < -0.4 is 5.32 Å². The van der Waals surface area contributed by atoms with Crippen LogP contribution in [0, 0.1) is 0 Å². The number of benzene rings is 1. The van der Waals surface area contributed by atoms with Crippen molar-refractivity contribution in [3.8, 4) is 0 Å². The molecule has 0 fully saturated rings. The molecule has 0 saturated heterocycles. The Morgan fingerprint density at radius 1 is 1.17 bits per heavy atom. The van der Waals surface area contributed by atoms with E-state index in [0.29, 0.717) is 0 Å². The summed E-state index contributed by atoms with van der Waals surface area (Å²) < 4.78 is 1.13. The lowest BCUT2D eigenvalue weighted by atomic mass is 10.2. The molecular formula is C10H16BrN. The highest BCUT2D eigenvalue weighted by Crippen LogP contribution is 2.09. The van der Waals surface area contributed by atoms with E-state index in [1.807, 2.05) is 33.0 Å². The molecule has 68 valence electrons. The van der Waals surface area contributed by atoms with Crippen molar-refractivity contribution in [2.45, 2.75) is 20.4 Å². The highest BCUT2D eigenvalue weighted by molar-refractivity contribution is 9.10. The highest BCUT2D eigenvalue weighted by Gasteiger charge is 1.88. The lowest BCUT2D eigenvalue weighted by molar-refractivity contribution is 0.818. The number of nitrogens with one attached hydrogen (secondary N) is 1. The van der Waals surface area contributed by atoms with Crippen LogP contribution in [0.15, 0.2) is 28.7 Å². The minimum Gasteiger partial charge on any atom is -0.316 e. The van der Waals surface area contributed by atoms with Crippen LogP contribution in [-0.2, 0) is 6.54 Å². The molecule has 0 atom stereocenters. The summed E-state index contributed by atoms with van der Waals surface area (Å²) in [6.45, 7) is 4.94. The van der Waals surface area contributed by atoms with Crippen LogP contribution in [0.5, 0.6) is 0 Å². The van der Waals surface area contributed by atoms with Crippen LogP contribution in [0.25, 0.3) is 0 Å². The van der Waals surface area contributed by atoms with Gasteiger partial charge in [0.05, 0.1) is 0 Å². The van der Waals surface area contributed by atoms with Crippen LogP contribution in [0.1, 0.15) is 19.4 Å².